The minimum atomic E-state index is -0.441. The number of carbonyl (C=O) groups excluding carboxylic acids is 2. The van der Waals surface area contributed by atoms with E-state index in [4.69, 9.17) is 0 Å². The molecule has 21 heavy (non-hydrogen) atoms. The standard InChI is InChI=1S/C16H14BrNO3/c1-10-6-7-11(9-14(10)17)15(19)18-13-5-3-4-12(8-13)16(20)21-2/h3-9H,1-2H3,(H,18,19). The van der Waals surface area contributed by atoms with Crippen LogP contribution in [0.15, 0.2) is 46.9 Å². The maximum Gasteiger partial charge on any atom is 0.337 e. The van der Waals surface area contributed by atoms with Crippen molar-refractivity contribution in [1.29, 1.82) is 0 Å². The van der Waals surface area contributed by atoms with E-state index in [1.165, 1.54) is 7.11 Å². The number of benzene rings is 2. The van der Waals surface area contributed by atoms with E-state index in [2.05, 4.69) is 26.0 Å². The van der Waals surface area contributed by atoms with Crippen molar-refractivity contribution in [2.75, 3.05) is 12.4 Å². The van der Waals surface area contributed by atoms with Gasteiger partial charge in [-0.2, -0.15) is 0 Å². The molecule has 108 valence electrons. The Morgan fingerprint density at radius 1 is 1.10 bits per heavy atom. The van der Waals surface area contributed by atoms with Crippen LogP contribution in [0.1, 0.15) is 26.3 Å². The molecule has 0 spiro atoms. The number of hydrogen-bond donors (Lipinski definition) is 1. The molecule has 4 nitrogen and oxygen atoms in total. The number of nitrogens with one attached hydrogen (secondary N) is 1. The van der Waals surface area contributed by atoms with E-state index in [1.54, 1.807) is 36.4 Å². The molecule has 5 heteroatoms. The molecule has 2 rings (SSSR count). The Balaban J connectivity index is 2.19. The van der Waals surface area contributed by atoms with Crippen molar-refractivity contribution in [3.63, 3.8) is 0 Å². The minimum Gasteiger partial charge on any atom is -0.465 e. The third-order valence-electron chi connectivity index (χ3n) is 2.98. The Kier molecular flexibility index (Phi) is 4.75. The number of ether oxygens (including phenoxy) is 1. The Morgan fingerprint density at radius 3 is 2.52 bits per heavy atom. The number of methoxy groups -OCH3 is 1. The van der Waals surface area contributed by atoms with Crippen LogP contribution in [0.25, 0.3) is 0 Å². The molecule has 0 saturated carbocycles. The first-order valence-electron chi connectivity index (χ1n) is 6.27. The van der Waals surface area contributed by atoms with Crippen molar-refractivity contribution < 1.29 is 14.3 Å². The number of amides is 1. The lowest BCUT2D eigenvalue weighted by atomic mass is 10.1. The molecule has 0 aromatic heterocycles. The summed E-state index contributed by atoms with van der Waals surface area (Å²) in [5, 5.41) is 2.76. The number of aryl methyl sites for hydroxylation is 1. The van der Waals surface area contributed by atoms with Gasteiger partial charge in [0.1, 0.15) is 0 Å². The van der Waals surface area contributed by atoms with Crippen LogP contribution in [0.2, 0.25) is 0 Å². The number of halogens is 1. The summed E-state index contributed by atoms with van der Waals surface area (Å²) < 4.78 is 5.53. The molecule has 0 radical (unpaired) electrons. The number of hydrogen-bond acceptors (Lipinski definition) is 3. The smallest absolute Gasteiger partial charge is 0.337 e. The minimum absolute atomic E-state index is 0.238. The van der Waals surface area contributed by atoms with Crippen molar-refractivity contribution in [3.8, 4) is 0 Å². The third-order valence-corrected chi connectivity index (χ3v) is 3.83. The number of esters is 1. The molecule has 0 aliphatic heterocycles. The molecular formula is C16H14BrNO3. The lowest BCUT2D eigenvalue weighted by Crippen LogP contribution is -2.12. The van der Waals surface area contributed by atoms with Gasteiger partial charge in [-0.1, -0.05) is 28.1 Å². The zero-order valence-electron chi connectivity index (χ0n) is 11.6. The number of anilines is 1. The highest BCUT2D eigenvalue weighted by molar-refractivity contribution is 9.10. The highest BCUT2D eigenvalue weighted by Crippen LogP contribution is 2.19. The fourth-order valence-corrected chi connectivity index (χ4v) is 2.16. The van der Waals surface area contributed by atoms with Crippen LogP contribution in [0.5, 0.6) is 0 Å². The van der Waals surface area contributed by atoms with E-state index in [9.17, 15) is 9.59 Å². The average Bonchev–Trinajstić information content (AvgIpc) is 2.49. The Hall–Kier alpha value is -2.14. The van der Waals surface area contributed by atoms with Gasteiger partial charge in [-0.25, -0.2) is 4.79 Å². The Labute approximate surface area is 131 Å². The summed E-state index contributed by atoms with van der Waals surface area (Å²) in [7, 11) is 1.32. The fourth-order valence-electron chi connectivity index (χ4n) is 1.78. The van der Waals surface area contributed by atoms with Gasteiger partial charge in [0, 0.05) is 15.7 Å². The van der Waals surface area contributed by atoms with E-state index < -0.39 is 5.97 Å². The van der Waals surface area contributed by atoms with Crippen LogP contribution in [0.4, 0.5) is 5.69 Å². The van der Waals surface area contributed by atoms with Crippen molar-refractivity contribution in [1.82, 2.24) is 0 Å². The summed E-state index contributed by atoms with van der Waals surface area (Å²) in [6, 6.07) is 12.0. The molecule has 0 saturated heterocycles. The molecule has 0 fully saturated rings. The maximum atomic E-state index is 12.2. The number of carbonyl (C=O) groups is 2. The first kappa shape index (κ1) is 15.3. The summed E-state index contributed by atoms with van der Waals surface area (Å²) in [5.74, 6) is -0.679. The van der Waals surface area contributed by atoms with Gasteiger partial charge in [0.05, 0.1) is 12.7 Å². The second-order valence-electron chi connectivity index (χ2n) is 4.49. The molecule has 0 unspecified atom stereocenters. The van der Waals surface area contributed by atoms with Crippen LogP contribution < -0.4 is 5.32 Å². The Morgan fingerprint density at radius 2 is 1.86 bits per heavy atom. The van der Waals surface area contributed by atoms with Gasteiger partial charge in [-0.3, -0.25) is 4.79 Å². The summed E-state index contributed by atoms with van der Waals surface area (Å²) in [6.45, 7) is 1.95. The summed E-state index contributed by atoms with van der Waals surface area (Å²) >= 11 is 3.40. The summed E-state index contributed by atoms with van der Waals surface area (Å²) in [5.41, 5.74) is 2.52. The predicted molar refractivity (Wildman–Crippen MR) is 84.6 cm³/mol. The van der Waals surface area contributed by atoms with E-state index >= 15 is 0 Å². The van der Waals surface area contributed by atoms with Gasteiger partial charge < -0.3 is 10.1 Å². The third kappa shape index (κ3) is 3.70. The van der Waals surface area contributed by atoms with E-state index in [0.29, 0.717) is 16.8 Å². The molecule has 1 N–H and O–H groups in total. The average molecular weight is 348 g/mol. The van der Waals surface area contributed by atoms with E-state index in [1.807, 2.05) is 13.0 Å². The molecule has 0 atom stereocenters. The topological polar surface area (TPSA) is 55.4 Å². The molecule has 0 heterocycles. The van der Waals surface area contributed by atoms with Crippen LogP contribution in [-0.4, -0.2) is 19.0 Å². The van der Waals surface area contributed by atoms with Crippen LogP contribution in [0.3, 0.4) is 0 Å². The highest BCUT2D eigenvalue weighted by atomic mass is 79.9. The highest BCUT2D eigenvalue weighted by Gasteiger charge is 2.10. The molecule has 2 aromatic rings. The second kappa shape index (κ2) is 6.54. The van der Waals surface area contributed by atoms with Gasteiger partial charge >= 0.3 is 5.97 Å². The van der Waals surface area contributed by atoms with Crippen LogP contribution in [-0.2, 0) is 4.74 Å². The zero-order chi connectivity index (χ0) is 15.4. The first-order chi connectivity index (χ1) is 10.0. The largest absolute Gasteiger partial charge is 0.465 e. The van der Waals surface area contributed by atoms with E-state index in [0.717, 1.165) is 10.0 Å². The first-order valence-corrected chi connectivity index (χ1v) is 7.06. The molecular weight excluding hydrogens is 334 g/mol. The Bertz CT molecular complexity index is 698. The normalized spacial score (nSPS) is 10.0. The summed E-state index contributed by atoms with van der Waals surface area (Å²) in [4.78, 5) is 23.6. The molecule has 0 bridgehead atoms. The summed E-state index contributed by atoms with van der Waals surface area (Å²) in [6.07, 6.45) is 0. The van der Waals surface area contributed by atoms with Crippen LogP contribution in [0, 0.1) is 6.92 Å². The molecule has 2 aromatic carbocycles. The van der Waals surface area contributed by atoms with Crippen molar-refractivity contribution in [2.45, 2.75) is 6.92 Å². The quantitative estimate of drug-likeness (QED) is 0.859. The van der Waals surface area contributed by atoms with Crippen LogP contribution >= 0.6 is 15.9 Å². The molecule has 0 aliphatic rings. The van der Waals surface area contributed by atoms with Gasteiger partial charge in [-0.15, -0.1) is 0 Å². The van der Waals surface area contributed by atoms with Gasteiger partial charge in [0.2, 0.25) is 0 Å². The van der Waals surface area contributed by atoms with Crippen molar-refractivity contribution in [2.24, 2.45) is 0 Å². The second-order valence-corrected chi connectivity index (χ2v) is 5.34. The van der Waals surface area contributed by atoms with Gasteiger partial charge in [0.25, 0.3) is 5.91 Å². The lowest BCUT2D eigenvalue weighted by Gasteiger charge is -2.08. The fraction of sp³-hybridized carbons (Fsp3) is 0.125. The SMILES string of the molecule is COC(=O)c1cccc(NC(=O)c2ccc(C)c(Br)c2)c1. The van der Waals surface area contributed by atoms with Gasteiger partial charge in [0.15, 0.2) is 0 Å². The van der Waals surface area contributed by atoms with E-state index in [-0.39, 0.29) is 5.91 Å². The maximum absolute atomic E-state index is 12.2. The number of rotatable bonds is 3. The zero-order valence-corrected chi connectivity index (χ0v) is 13.2. The van der Waals surface area contributed by atoms with Crippen molar-refractivity contribution >= 4 is 33.5 Å². The molecule has 1 amide bonds. The molecule has 0 aliphatic carbocycles. The monoisotopic (exact) mass is 347 g/mol. The van der Waals surface area contributed by atoms with Crippen molar-refractivity contribution in [3.05, 3.63) is 63.6 Å². The predicted octanol–water partition coefficient (Wildman–Crippen LogP) is 3.80. The van der Waals surface area contributed by atoms with Gasteiger partial charge in [-0.05, 0) is 42.8 Å². The lowest BCUT2D eigenvalue weighted by molar-refractivity contribution is 0.0600.